The van der Waals surface area contributed by atoms with E-state index in [-0.39, 0.29) is 18.5 Å². The Kier molecular flexibility index (Phi) is 1.59. The van der Waals surface area contributed by atoms with Crippen molar-refractivity contribution < 1.29 is 12.2 Å². The maximum absolute atomic E-state index is 7.66. The van der Waals surface area contributed by atoms with Crippen molar-refractivity contribution in [3.05, 3.63) is 35.9 Å². The Morgan fingerprint density at radius 3 is 2.36 bits per heavy atom. The summed E-state index contributed by atoms with van der Waals surface area (Å²) < 4.78 is 26.8. The minimum absolute atomic E-state index is 0.0831. The lowest BCUT2D eigenvalue weighted by Crippen LogP contribution is -2.13. The van der Waals surface area contributed by atoms with Gasteiger partial charge in [0.05, 0.1) is 12.2 Å². The van der Waals surface area contributed by atoms with E-state index in [1.807, 2.05) is 30.3 Å². The smallest absolute Gasteiger partial charge is 0.184 e. The molecule has 0 aromatic heterocycles. The SMILES string of the molecule is [2H]C1([2H])CC2OC(c3ccccc3)OC2C1. The van der Waals surface area contributed by atoms with E-state index in [2.05, 4.69) is 0 Å². The van der Waals surface area contributed by atoms with Gasteiger partial charge < -0.3 is 9.47 Å². The first kappa shape index (κ1) is 6.59. The van der Waals surface area contributed by atoms with Crippen molar-refractivity contribution in [2.75, 3.05) is 0 Å². The summed E-state index contributed by atoms with van der Waals surface area (Å²) in [6.07, 6.45) is -0.716. The van der Waals surface area contributed by atoms with Crippen LogP contribution >= 0.6 is 0 Å². The third kappa shape index (κ3) is 1.35. The first-order chi connectivity index (χ1) is 7.64. The van der Waals surface area contributed by atoms with Crippen LogP contribution < -0.4 is 0 Å². The molecule has 1 heterocycles. The Hall–Kier alpha value is -0.860. The number of benzene rings is 1. The van der Waals surface area contributed by atoms with Crippen LogP contribution in [-0.2, 0) is 9.47 Å². The van der Waals surface area contributed by atoms with Crippen LogP contribution in [-0.4, -0.2) is 12.2 Å². The molecule has 0 radical (unpaired) electrons. The van der Waals surface area contributed by atoms with Crippen LogP contribution in [0.1, 0.15) is 33.8 Å². The van der Waals surface area contributed by atoms with Gasteiger partial charge in [-0.15, -0.1) is 0 Å². The summed E-state index contributed by atoms with van der Waals surface area (Å²) in [4.78, 5) is 0. The molecule has 2 fully saturated rings. The molecule has 2 atom stereocenters. The minimum Gasteiger partial charge on any atom is -0.342 e. The van der Waals surface area contributed by atoms with Crippen LogP contribution in [0.2, 0.25) is 0 Å². The number of ether oxygens (including phenoxy) is 2. The van der Waals surface area contributed by atoms with Gasteiger partial charge >= 0.3 is 0 Å². The standard InChI is InChI=1S/C12H14O2/c1-2-5-9(6-3-1)12-13-10-7-4-8-11(10)14-12/h1-3,5-6,10-12H,4,7-8H2/i4D2. The Bertz CT molecular complexity index is 364. The molecule has 74 valence electrons. The number of hydrogen-bond donors (Lipinski definition) is 0. The molecule has 14 heavy (non-hydrogen) atoms. The molecule has 1 aliphatic carbocycles. The normalized spacial score (nSPS) is 41.6. The van der Waals surface area contributed by atoms with Gasteiger partial charge in [-0.05, 0) is 19.2 Å². The Morgan fingerprint density at radius 1 is 1.07 bits per heavy atom. The van der Waals surface area contributed by atoms with E-state index < -0.39 is 6.37 Å². The summed E-state index contributed by atoms with van der Waals surface area (Å²) in [5, 5.41) is 0. The van der Waals surface area contributed by atoms with Gasteiger partial charge in [0.15, 0.2) is 6.29 Å². The molecule has 1 aromatic carbocycles. The molecule has 1 saturated heterocycles. The zero-order valence-electron chi connectivity index (χ0n) is 9.85. The zero-order chi connectivity index (χ0) is 11.2. The molecule has 3 rings (SSSR count). The second-order valence-electron chi connectivity index (χ2n) is 3.75. The van der Waals surface area contributed by atoms with E-state index in [9.17, 15) is 0 Å². The van der Waals surface area contributed by atoms with Crippen LogP contribution in [0.3, 0.4) is 0 Å². The van der Waals surface area contributed by atoms with E-state index in [0.717, 1.165) is 5.56 Å². The minimum atomic E-state index is -1.13. The molecule has 2 heteroatoms. The van der Waals surface area contributed by atoms with Gasteiger partial charge in [-0.1, -0.05) is 30.3 Å². The molecule has 0 bridgehead atoms. The molecule has 2 aliphatic rings. The van der Waals surface area contributed by atoms with Gasteiger partial charge in [-0.25, -0.2) is 0 Å². The molecule has 2 nitrogen and oxygen atoms in total. The second kappa shape index (κ2) is 3.37. The van der Waals surface area contributed by atoms with Crippen LogP contribution in [0.25, 0.3) is 0 Å². The number of hydrogen-bond acceptors (Lipinski definition) is 2. The van der Waals surface area contributed by atoms with Crippen molar-refractivity contribution in [3.8, 4) is 0 Å². The van der Waals surface area contributed by atoms with Crippen molar-refractivity contribution in [2.24, 2.45) is 0 Å². The first-order valence-electron chi connectivity index (χ1n) is 6.00. The molecular weight excluding hydrogens is 176 g/mol. The highest BCUT2D eigenvalue weighted by Gasteiger charge is 2.39. The maximum atomic E-state index is 7.66. The van der Waals surface area contributed by atoms with E-state index in [1.54, 1.807) is 0 Å². The summed E-state index contributed by atoms with van der Waals surface area (Å²) in [6, 6.07) is 9.81. The lowest BCUT2D eigenvalue weighted by Gasteiger charge is -2.11. The highest BCUT2D eigenvalue weighted by molar-refractivity contribution is 5.16. The van der Waals surface area contributed by atoms with Gasteiger partial charge in [0.1, 0.15) is 0 Å². The highest BCUT2D eigenvalue weighted by atomic mass is 16.7. The van der Waals surface area contributed by atoms with E-state index in [4.69, 9.17) is 12.2 Å². The quantitative estimate of drug-likeness (QED) is 0.681. The topological polar surface area (TPSA) is 18.5 Å². The monoisotopic (exact) mass is 192 g/mol. The van der Waals surface area contributed by atoms with Gasteiger partial charge in [0.2, 0.25) is 0 Å². The van der Waals surface area contributed by atoms with Gasteiger partial charge in [-0.3, -0.25) is 0 Å². The van der Waals surface area contributed by atoms with Gasteiger partial charge in [-0.2, -0.15) is 0 Å². The third-order valence-corrected chi connectivity index (χ3v) is 2.77. The molecule has 0 spiro atoms. The summed E-state index contributed by atoms with van der Waals surface area (Å²) >= 11 is 0. The molecular formula is C12H14O2. The van der Waals surface area contributed by atoms with Crippen molar-refractivity contribution >= 4 is 0 Å². The van der Waals surface area contributed by atoms with Crippen molar-refractivity contribution in [1.82, 2.24) is 0 Å². The van der Waals surface area contributed by atoms with Crippen molar-refractivity contribution in [1.29, 1.82) is 0 Å². The average Bonchev–Trinajstić information content (AvgIpc) is 2.72. The molecule has 0 amide bonds. The summed E-state index contributed by atoms with van der Waals surface area (Å²) in [5.41, 5.74) is 1.01. The molecule has 1 saturated carbocycles. The summed E-state index contributed by atoms with van der Waals surface area (Å²) in [5.74, 6) is 0. The molecule has 1 aromatic rings. The largest absolute Gasteiger partial charge is 0.342 e. The van der Waals surface area contributed by atoms with Crippen LogP contribution in [0.15, 0.2) is 30.3 Å². The van der Waals surface area contributed by atoms with Crippen LogP contribution in [0, 0.1) is 0 Å². The number of rotatable bonds is 1. The van der Waals surface area contributed by atoms with Gasteiger partial charge in [0, 0.05) is 8.30 Å². The van der Waals surface area contributed by atoms with Crippen LogP contribution in [0.4, 0.5) is 0 Å². The lowest BCUT2D eigenvalue weighted by molar-refractivity contribution is -0.0752. The maximum Gasteiger partial charge on any atom is 0.184 e. The lowest BCUT2D eigenvalue weighted by atomic mass is 10.2. The Labute approximate surface area is 86.6 Å². The van der Waals surface area contributed by atoms with Crippen molar-refractivity contribution in [2.45, 2.75) is 37.7 Å². The summed E-state index contributed by atoms with van der Waals surface area (Å²) in [6.45, 7) is 0. The van der Waals surface area contributed by atoms with Crippen molar-refractivity contribution in [3.63, 3.8) is 0 Å². The fraction of sp³-hybridized carbons (Fsp3) is 0.500. The van der Waals surface area contributed by atoms with E-state index >= 15 is 0 Å². The molecule has 0 N–H and O–H groups in total. The fourth-order valence-electron chi connectivity index (χ4n) is 2.02. The van der Waals surface area contributed by atoms with Crippen LogP contribution in [0.5, 0.6) is 0 Å². The predicted octanol–water partition coefficient (Wildman–Crippen LogP) is 2.65. The zero-order valence-corrected chi connectivity index (χ0v) is 7.85. The predicted molar refractivity (Wildman–Crippen MR) is 52.8 cm³/mol. The molecule has 1 aliphatic heterocycles. The third-order valence-electron chi connectivity index (χ3n) is 2.77. The average molecular weight is 192 g/mol. The van der Waals surface area contributed by atoms with Gasteiger partial charge in [0.25, 0.3) is 0 Å². The van der Waals surface area contributed by atoms with E-state index in [0.29, 0.717) is 12.8 Å². The summed E-state index contributed by atoms with van der Waals surface area (Å²) in [7, 11) is 0. The Morgan fingerprint density at radius 2 is 1.71 bits per heavy atom. The second-order valence-corrected chi connectivity index (χ2v) is 3.75. The Balaban J connectivity index is 1.73. The molecule has 2 unspecified atom stereocenters. The van der Waals surface area contributed by atoms with E-state index in [1.165, 1.54) is 0 Å². The fourth-order valence-corrected chi connectivity index (χ4v) is 2.02. The number of fused-ring (bicyclic) bond motifs is 1. The first-order valence-corrected chi connectivity index (χ1v) is 5.00. The highest BCUT2D eigenvalue weighted by Crippen LogP contribution is 2.39.